The van der Waals surface area contributed by atoms with Crippen LogP contribution in [0.5, 0.6) is 5.75 Å². The number of carboxylic acid groups (broad SMARTS) is 1. The minimum absolute atomic E-state index is 0.0274. The first kappa shape index (κ1) is 25.3. The molecule has 3 N–H and O–H groups in total. The van der Waals surface area contributed by atoms with Gasteiger partial charge in [0.05, 0.1) is 10.6 Å². The fourth-order valence-corrected chi connectivity index (χ4v) is 4.99. The Morgan fingerprint density at radius 3 is 2.58 bits per heavy atom. The summed E-state index contributed by atoms with van der Waals surface area (Å²) in [6.07, 6.45) is 5.66. The minimum atomic E-state index is -3.80. The van der Waals surface area contributed by atoms with Gasteiger partial charge in [-0.3, -0.25) is 4.98 Å². The second-order valence-corrected chi connectivity index (χ2v) is 10.7. The van der Waals surface area contributed by atoms with Gasteiger partial charge in [-0.15, -0.1) is 11.3 Å². The third kappa shape index (κ3) is 5.78. The van der Waals surface area contributed by atoms with Crippen molar-refractivity contribution in [3.63, 3.8) is 0 Å². The number of carbonyl (C=O) groups is 1. The third-order valence-corrected chi connectivity index (χ3v) is 7.34. The number of aromatic carboxylic acids is 1. The topological polar surface area (TPSA) is 150 Å². The highest BCUT2D eigenvalue weighted by molar-refractivity contribution is 7.89. The van der Waals surface area contributed by atoms with Crippen LogP contribution in [0.4, 0.5) is 0 Å². The summed E-state index contributed by atoms with van der Waals surface area (Å²) in [6.45, 7) is 0.353. The van der Waals surface area contributed by atoms with Gasteiger partial charge in [-0.2, -0.15) is 5.10 Å². The number of ether oxygens (including phenoxy) is 1. The zero-order valence-corrected chi connectivity index (χ0v) is 21.4. The first-order valence-corrected chi connectivity index (χ1v) is 13.7. The van der Waals surface area contributed by atoms with Gasteiger partial charge in [-0.25, -0.2) is 28.0 Å². The smallest absolute Gasteiger partial charge is 0.355 e. The van der Waals surface area contributed by atoms with Gasteiger partial charge in [0.1, 0.15) is 12.4 Å². The van der Waals surface area contributed by atoms with Crippen molar-refractivity contribution < 1.29 is 23.1 Å². The SMILES string of the molecule is NS(=O)(=O)c1ccc(Cc2cn(-c3nc(C(=O)O)cs3)nc2-c2cccc(OCc3cccnc3)c2)cc1. The summed E-state index contributed by atoms with van der Waals surface area (Å²) in [4.78, 5) is 19.6. The number of primary sulfonamides is 1. The number of aromatic nitrogens is 4. The number of thiazole rings is 1. The average Bonchev–Trinajstić information content (AvgIpc) is 3.56. The van der Waals surface area contributed by atoms with Gasteiger partial charge in [0, 0.05) is 47.1 Å². The number of pyridine rings is 1. The van der Waals surface area contributed by atoms with Crippen LogP contribution in [0.2, 0.25) is 0 Å². The van der Waals surface area contributed by atoms with Crippen LogP contribution in [0.25, 0.3) is 16.4 Å². The van der Waals surface area contributed by atoms with E-state index in [1.807, 2.05) is 36.4 Å². The van der Waals surface area contributed by atoms with E-state index in [4.69, 9.17) is 15.0 Å². The normalized spacial score (nSPS) is 11.4. The lowest BCUT2D eigenvalue weighted by Crippen LogP contribution is -2.11. The molecular weight excluding hydrogens is 526 g/mol. The molecule has 0 aliphatic heterocycles. The molecule has 0 amide bonds. The molecule has 0 spiro atoms. The maximum atomic E-state index is 11.6. The average molecular weight is 548 g/mol. The number of hydrogen-bond donors (Lipinski definition) is 2. The Kier molecular flexibility index (Phi) is 7.01. The van der Waals surface area contributed by atoms with Crippen LogP contribution in [-0.2, 0) is 23.1 Å². The molecule has 0 radical (unpaired) electrons. The molecule has 38 heavy (non-hydrogen) atoms. The third-order valence-electron chi connectivity index (χ3n) is 5.58. The molecule has 12 heteroatoms. The Labute approximate surface area is 222 Å². The van der Waals surface area contributed by atoms with Crippen LogP contribution in [0.15, 0.2) is 89.5 Å². The van der Waals surface area contributed by atoms with E-state index < -0.39 is 16.0 Å². The predicted octanol–water partition coefficient (Wildman–Crippen LogP) is 3.91. The maximum absolute atomic E-state index is 11.6. The van der Waals surface area contributed by atoms with Crippen molar-refractivity contribution in [1.82, 2.24) is 19.7 Å². The van der Waals surface area contributed by atoms with Gasteiger partial charge in [-0.1, -0.05) is 30.3 Å². The summed E-state index contributed by atoms with van der Waals surface area (Å²) in [5.41, 5.74) is 3.98. The molecule has 0 saturated carbocycles. The first-order valence-electron chi connectivity index (χ1n) is 11.3. The molecule has 0 atom stereocenters. The molecule has 10 nitrogen and oxygen atoms in total. The molecule has 2 aromatic carbocycles. The van der Waals surface area contributed by atoms with E-state index >= 15 is 0 Å². The summed E-state index contributed by atoms with van der Waals surface area (Å²) < 4.78 is 30.8. The van der Waals surface area contributed by atoms with Crippen LogP contribution >= 0.6 is 11.3 Å². The van der Waals surface area contributed by atoms with Crippen molar-refractivity contribution in [1.29, 1.82) is 0 Å². The van der Waals surface area contributed by atoms with Crippen molar-refractivity contribution in [2.75, 3.05) is 0 Å². The summed E-state index contributed by atoms with van der Waals surface area (Å²) in [5, 5.41) is 21.1. The molecule has 0 bridgehead atoms. The number of hydrogen-bond acceptors (Lipinski definition) is 8. The van der Waals surface area contributed by atoms with Gasteiger partial charge in [0.25, 0.3) is 0 Å². The lowest BCUT2D eigenvalue weighted by Gasteiger charge is -2.08. The highest BCUT2D eigenvalue weighted by Gasteiger charge is 2.17. The Balaban J connectivity index is 1.49. The van der Waals surface area contributed by atoms with Crippen molar-refractivity contribution in [3.05, 3.63) is 107 Å². The highest BCUT2D eigenvalue weighted by Crippen LogP contribution is 2.30. The van der Waals surface area contributed by atoms with Crippen LogP contribution in [0.1, 0.15) is 27.2 Å². The second-order valence-electron chi connectivity index (χ2n) is 8.31. The van der Waals surface area contributed by atoms with E-state index in [1.54, 1.807) is 35.4 Å². The molecule has 5 aromatic rings. The second kappa shape index (κ2) is 10.5. The Hall–Kier alpha value is -4.39. The van der Waals surface area contributed by atoms with Gasteiger partial charge in [0.2, 0.25) is 15.2 Å². The van der Waals surface area contributed by atoms with Gasteiger partial charge >= 0.3 is 5.97 Å². The standard InChI is InChI=1S/C26H21N5O5S2/c27-38(34,35)22-8-6-17(7-9-22)11-20-14-31(26-29-23(16-37-26)25(32)33)30-24(20)19-4-1-5-21(12-19)36-15-18-3-2-10-28-13-18/h1-10,12-14,16H,11,15H2,(H,32,33)(H2,27,34,35). The van der Waals surface area contributed by atoms with Crippen molar-refractivity contribution >= 4 is 27.3 Å². The zero-order chi connectivity index (χ0) is 26.7. The van der Waals surface area contributed by atoms with Crippen LogP contribution in [-0.4, -0.2) is 39.2 Å². The van der Waals surface area contributed by atoms with Gasteiger partial charge in [0.15, 0.2) is 5.69 Å². The summed E-state index contributed by atoms with van der Waals surface area (Å²) in [5.74, 6) is -0.472. The molecule has 5 rings (SSSR count). The Bertz CT molecular complexity index is 1700. The fourth-order valence-electron chi connectivity index (χ4n) is 3.75. The Morgan fingerprint density at radius 1 is 1.08 bits per heavy atom. The maximum Gasteiger partial charge on any atom is 0.355 e. The number of nitrogens with two attached hydrogens (primary N) is 1. The lowest BCUT2D eigenvalue weighted by molar-refractivity contribution is 0.0691. The molecule has 0 fully saturated rings. The zero-order valence-electron chi connectivity index (χ0n) is 19.8. The Morgan fingerprint density at radius 2 is 1.89 bits per heavy atom. The van der Waals surface area contributed by atoms with Gasteiger partial charge in [-0.05, 0) is 35.9 Å². The number of carboxylic acids is 1. The monoisotopic (exact) mass is 547 g/mol. The largest absolute Gasteiger partial charge is 0.489 e. The highest BCUT2D eigenvalue weighted by atomic mass is 32.2. The first-order chi connectivity index (χ1) is 18.3. The molecule has 3 heterocycles. The molecular formula is C26H21N5O5S2. The van der Waals surface area contributed by atoms with Crippen molar-refractivity contribution in [2.45, 2.75) is 17.9 Å². The number of rotatable bonds is 9. The predicted molar refractivity (Wildman–Crippen MR) is 141 cm³/mol. The number of benzene rings is 2. The van der Waals surface area contributed by atoms with E-state index in [0.717, 1.165) is 22.3 Å². The van der Waals surface area contributed by atoms with E-state index in [2.05, 4.69) is 9.97 Å². The van der Waals surface area contributed by atoms with Crippen LogP contribution in [0.3, 0.4) is 0 Å². The van der Waals surface area contributed by atoms with Crippen LogP contribution in [0, 0.1) is 0 Å². The molecule has 0 aliphatic rings. The molecule has 0 aliphatic carbocycles. The summed E-state index contributed by atoms with van der Waals surface area (Å²) >= 11 is 1.17. The van der Waals surface area contributed by atoms with E-state index in [0.29, 0.717) is 29.6 Å². The molecule has 0 saturated heterocycles. The van der Waals surface area contributed by atoms with E-state index in [9.17, 15) is 18.3 Å². The summed E-state index contributed by atoms with van der Waals surface area (Å²) in [6, 6.07) is 17.6. The summed E-state index contributed by atoms with van der Waals surface area (Å²) in [7, 11) is -3.80. The van der Waals surface area contributed by atoms with E-state index in [1.165, 1.54) is 28.8 Å². The number of nitrogens with zero attached hydrogens (tertiary/aromatic N) is 4. The number of sulfonamides is 1. The lowest BCUT2D eigenvalue weighted by atomic mass is 10.0. The van der Waals surface area contributed by atoms with E-state index in [-0.39, 0.29) is 10.6 Å². The van der Waals surface area contributed by atoms with Crippen LogP contribution < -0.4 is 9.88 Å². The fraction of sp³-hybridized carbons (Fsp3) is 0.0769. The van der Waals surface area contributed by atoms with Crippen molar-refractivity contribution in [3.8, 4) is 22.1 Å². The molecule has 3 aromatic heterocycles. The molecule has 192 valence electrons. The van der Waals surface area contributed by atoms with Gasteiger partial charge < -0.3 is 9.84 Å². The van der Waals surface area contributed by atoms with Crippen molar-refractivity contribution in [2.24, 2.45) is 5.14 Å². The minimum Gasteiger partial charge on any atom is -0.489 e. The quantitative estimate of drug-likeness (QED) is 0.282. The molecule has 0 unspecified atom stereocenters.